The first-order valence-corrected chi connectivity index (χ1v) is 12.0. The Morgan fingerprint density at radius 2 is 1.61 bits per heavy atom. The maximum Gasteiger partial charge on any atom is 0.416 e. The third-order valence-electron chi connectivity index (χ3n) is 6.54. The van der Waals surface area contributed by atoms with Gasteiger partial charge >= 0.3 is 12.4 Å². The molecule has 38 heavy (non-hydrogen) atoms. The number of carbonyl (C=O) groups is 1. The van der Waals surface area contributed by atoms with Crippen LogP contribution >= 0.6 is 11.6 Å². The normalized spacial score (nSPS) is 18.4. The standard InChI is InChI=1S/C26H23ClF6N4O/c1-36(14-16-11-18(25(28,29)30)13-19(12-16)26(31,32)33)24(38)20-9-10-37(23-8-7-22(27)34-35-23)15-21(20)17-5-3-2-4-6-17/h2-8,11-13,20-21H,9-10,14-15H2,1H3. The van der Waals surface area contributed by atoms with E-state index >= 15 is 0 Å². The van der Waals surface area contributed by atoms with Crippen LogP contribution in [0.1, 0.15) is 34.6 Å². The lowest BCUT2D eigenvalue weighted by molar-refractivity contribution is -0.143. The first-order valence-electron chi connectivity index (χ1n) is 11.7. The summed E-state index contributed by atoms with van der Waals surface area (Å²) in [4.78, 5) is 16.7. The highest BCUT2D eigenvalue weighted by atomic mass is 35.5. The van der Waals surface area contributed by atoms with E-state index in [1.165, 1.54) is 11.9 Å². The van der Waals surface area contributed by atoms with Gasteiger partial charge < -0.3 is 9.80 Å². The lowest BCUT2D eigenvalue weighted by Gasteiger charge is -2.40. The zero-order valence-corrected chi connectivity index (χ0v) is 20.9. The molecule has 2 unspecified atom stereocenters. The van der Waals surface area contributed by atoms with E-state index in [9.17, 15) is 31.1 Å². The highest BCUT2D eigenvalue weighted by Crippen LogP contribution is 2.38. The monoisotopic (exact) mass is 556 g/mol. The van der Waals surface area contributed by atoms with E-state index in [0.717, 1.165) is 5.56 Å². The number of alkyl halides is 6. The van der Waals surface area contributed by atoms with Crippen LogP contribution in [0.4, 0.5) is 32.2 Å². The molecule has 1 fully saturated rings. The molecule has 0 N–H and O–H groups in total. The van der Waals surface area contributed by atoms with Crippen molar-refractivity contribution in [3.05, 3.63) is 88.1 Å². The number of nitrogens with zero attached hydrogens (tertiary/aromatic N) is 4. The van der Waals surface area contributed by atoms with Crippen molar-refractivity contribution in [3.8, 4) is 0 Å². The molecule has 1 aliphatic rings. The fourth-order valence-electron chi connectivity index (χ4n) is 4.72. The van der Waals surface area contributed by atoms with Crippen LogP contribution in [-0.4, -0.2) is 41.1 Å². The van der Waals surface area contributed by atoms with Gasteiger partial charge in [0, 0.05) is 38.5 Å². The molecule has 5 nitrogen and oxygen atoms in total. The number of aromatic nitrogens is 2. The molecule has 1 amide bonds. The molecule has 1 aliphatic heterocycles. The van der Waals surface area contributed by atoms with Gasteiger partial charge in [-0.25, -0.2) is 0 Å². The number of benzene rings is 2. The van der Waals surface area contributed by atoms with Gasteiger partial charge in [-0.2, -0.15) is 26.3 Å². The zero-order valence-electron chi connectivity index (χ0n) is 20.1. The minimum Gasteiger partial charge on any atom is -0.354 e. The SMILES string of the molecule is CN(Cc1cc(C(F)(F)F)cc(C(F)(F)F)c1)C(=O)C1CCN(c2ccc(Cl)nn2)CC1c1ccccc1. The minimum atomic E-state index is -4.96. The van der Waals surface area contributed by atoms with Gasteiger partial charge in [0.2, 0.25) is 5.91 Å². The second-order valence-corrected chi connectivity index (χ2v) is 9.57. The van der Waals surface area contributed by atoms with Gasteiger partial charge in [0.05, 0.1) is 11.1 Å². The van der Waals surface area contributed by atoms with Crippen molar-refractivity contribution in [3.63, 3.8) is 0 Å². The van der Waals surface area contributed by atoms with E-state index in [-0.39, 0.29) is 28.6 Å². The van der Waals surface area contributed by atoms with Crippen LogP contribution in [0.2, 0.25) is 5.15 Å². The first kappa shape index (κ1) is 27.7. The third-order valence-corrected chi connectivity index (χ3v) is 6.74. The van der Waals surface area contributed by atoms with Crippen molar-refractivity contribution in [1.29, 1.82) is 0 Å². The molecule has 3 aromatic rings. The van der Waals surface area contributed by atoms with Crippen molar-refractivity contribution < 1.29 is 31.1 Å². The largest absolute Gasteiger partial charge is 0.416 e. The van der Waals surface area contributed by atoms with Crippen LogP contribution in [0.25, 0.3) is 0 Å². The average Bonchev–Trinajstić information content (AvgIpc) is 2.87. The molecule has 12 heteroatoms. The fraction of sp³-hybridized carbons (Fsp3) is 0.346. The number of halogens is 7. The summed E-state index contributed by atoms with van der Waals surface area (Å²) in [7, 11) is 1.38. The smallest absolute Gasteiger partial charge is 0.354 e. The second-order valence-electron chi connectivity index (χ2n) is 9.18. The Hall–Kier alpha value is -3.34. The number of rotatable bonds is 5. The topological polar surface area (TPSA) is 49.3 Å². The van der Waals surface area contributed by atoms with Gasteiger partial charge in [-0.3, -0.25) is 4.79 Å². The summed E-state index contributed by atoms with van der Waals surface area (Å²) in [5.74, 6) is -0.638. The van der Waals surface area contributed by atoms with E-state index in [2.05, 4.69) is 10.2 Å². The summed E-state index contributed by atoms with van der Waals surface area (Å²) >= 11 is 5.84. The highest BCUT2D eigenvalue weighted by molar-refractivity contribution is 6.29. The van der Waals surface area contributed by atoms with Gasteiger partial charge in [-0.1, -0.05) is 41.9 Å². The van der Waals surface area contributed by atoms with Gasteiger partial charge in [0.1, 0.15) is 0 Å². The number of piperidine rings is 1. The van der Waals surface area contributed by atoms with Crippen LogP contribution in [-0.2, 0) is 23.7 Å². The van der Waals surface area contributed by atoms with Crippen molar-refractivity contribution in [2.75, 3.05) is 25.0 Å². The molecule has 1 saturated heterocycles. The molecule has 0 bridgehead atoms. The lowest BCUT2D eigenvalue weighted by Crippen LogP contribution is -2.46. The van der Waals surface area contributed by atoms with E-state index in [1.807, 2.05) is 35.2 Å². The van der Waals surface area contributed by atoms with Crippen LogP contribution in [0.3, 0.4) is 0 Å². The van der Waals surface area contributed by atoms with Gasteiger partial charge in [-0.05, 0) is 47.9 Å². The summed E-state index contributed by atoms with van der Waals surface area (Å²) in [6.07, 6.45) is -9.54. The highest BCUT2D eigenvalue weighted by Gasteiger charge is 2.39. The molecular formula is C26H23ClF6N4O. The maximum atomic E-state index is 13.6. The van der Waals surface area contributed by atoms with Gasteiger partial charge in [0.25, 0.3) is 0 Å². The zero-order chi connectivity index (χ0) is 27.7. The maximum absolute atomic E-state index is 13.6. The average molecular weight is 557 g/mol. The number of hydrogen-bond donors (Lipinski definition) is 0. The summed E-state index contributed by atoms with van der Waals surface area (Å²) in [5.41, 5.74) is -2.21. The number of amides is 1. The molecule has 2 aromatic carbocycles. The summed E-state index contributed by atoms with van der Waals surface area (Å²) < 4.78 is 79.7. The lowest BCUT2D eigenvalue weighted by atomic mass is 9.79. The van der Waals surface area contributed by atoms with Crippen molar-refractivity contribution in [1.82, 2.24) is 15.1 Å². The van der Waals surface area contributed by atoms with Crippen molar-refractivity contribution in [2.45, 2.75) is 31.2 Å². The molecule has 4 rings (SSSR count). The molecule has 1 aromatic heterocycles. The molecule has 0 radical (unpaired) electrons. The van der Waals surface area contributed by atoms with Gasteiger partial charge in [0.15, 0.2) is 11.0 Å². The quantitative estimate of drug-likeness (QED) is 0.340. The van der Waals surface area contributed by atoms with E-state index in [1.54, 1.807) is 12.1 Å². The van der Waals surface area contributed by atoms with E-state index in [0.29, 0.717) is 37.5 Å². The number of carbonyl (C=O) groups excluding carboxylic acids is 1. The fourth-order valence-corrected chi connectivity index (χ4v) is 4.82. The first-order chi connectivity index (χ1) is 17.8. The Kier molecular flexibility index (Phi) is 7.87. The van der Waals surface area contributed by atoms with E-state index < -0.39 is 35.9 Å². The molecule has 0 aliphatic carbocycles. The molecule has 202 valence electrons. The van der Waals surface area contributed by atoms with Crippen LogP contribution < -0.4 is 4.90 Å². The second kappa shape index (κ2) is 10.8. The Bertz CT molecular complexity index is 1240. The summed E-state index contributed by atoms with van der Waals surface area (Å²) in [6.45, 7) is 0.453. The Morgan fingerprint density at radius 1 is 0.974 bits per heavy atom. The van der Waals surface area contributed by atoms with Crippen LogP contribution in [0.5, 0.6) is 0 Å². The molecule has 0 spiro atoms. The Morgan fingerprint density at radius 3 is 2.16 bits per heavy atom. The molecule has 0 saturated carbocycles. The summed E-state index contributed by atoms with van der Waals surface area (Å²) in [5, 5.41) is 8.22. The van der Waals surface area contributed by atoms with E-state index in [4.69, 9.17) is 11.6 Å². The van der Waals surface area contributed by atoms with Gasteiger partial charge in [-0.15, -0.1) is 10.2 Å². The molecular weight excluding hydrogens is 534 g/mol. The van der Waals surface area contributed by atoms with Crippen LogP contribution in [0, 0.1) is 5.92 Å². The Labute approximate surface area is 220 Å². The Balaban J connectivity index is 1.59. The third kappa shape index (κ3) is 6.38. The predicted octanol–water partition coefficient (Wildman–Crippen LogP) is 6.44. The molecule has 2 atom stereocenters. The van der Waals surface area contributed by atoms with Crippen molar-refractivity contribution in [2.24, 2.45) is 5.92 Å². The number of hydrogen-bond acceptors (Lipinski definition) is 4. The number of anilines is 1. The minimum absolute atomic E-state index is 0.0755. The van der Waals surface area contributed by atoms with Crippen molar-refractivity contribution >= 4 is 23.3 Å². The molecule has 2 heterocycles. The van der Waals surface area contributed by atoms with Crippen LogP contribution in [0.15, 0.2) is 60.7 Å². The summed E-state index contributed by atoms with van der Waals surface area (Å²) in [6, 6.07) is 14.0. The predicted molar refractivity (Wildman–Crippen MR) is 129 cm³/mol.